The smallest absolute Gasteiger partial charge is 0.320 e. The van der Waals surface area contributed by atoms with Gasteiger partial charge in [0.05, 0.1) is 12.6 Å². The fraction of sp³-hybridized carbons (Fsp3) is 0.536. The minimum Gasteiger partial charge on any atom is -0.497 e. The first-order chi connectivity index (χ1) is 15.5. The maximum atomic E-state index is 13.7. The van der Waals surface area contributed by atoms with Gasteiger partial charge in [0.25, 0.3) is 0 Å². The molecular formula is C28H36N2O2. The maximum absolute atomic E-state index is 13.7. The number of carbonyl (C=O) groups excluding carboxylic acids is 1. The lowest BCUT2D eigenvalue weighted by Gasteiger charge is -2.48. The second kappa shape index (κ2) is 8.46. The summed E-state index contributed by atoms with van der Waals surface area (Å²) < 4.78 is 5.30. The van der Waals surface area contributed by atoms with Crippen LogP contribution < -0.4 is 4.74 Å². The number of amides is 2. The van der Waals surface area contributed by atoms with Gasteiger partial charge in [-0.25, -0.2) is 4.79 Å². The van der Waals surface area contributed by atoms with E-state index < -0.39 is 0 Å². The van der Waals surface area contributed by atoms with E-state index in [0.29, 0.717) is 17.9 Å². The van der Waals surface area contributed by atoms with E-state index in [1.165, 1.54) is 43.2 Å². The summed E-state index contributed by atoms with van der Waals surface area (Å²) in [5, 5.41) is 0. The summed E-state index contributed by atoms with van der Waals surface area (Å²) in [6.45, 7) is 4.83. The molecule has 2 saturated carbocycles. The highest BCUT2D eigenvalue weighted by atomic mass is 16.5. The Morgan fingerprint density at radius 1 is 0.969 bits per heavy atom. The van der Waals surface area contributed by atoms with Crippen LogP contribution >= 0.6 is 0 Å². The van der Waals surface area contributed by atoms with Gasteiger partial charge < -0.3 is 14.5 Å². The summed E-state index contributed by atoms with van der Waals surface area (Å²) in [6.07, 6.45) is 8.34. The van der Waals surface area contributed by atoms with Gasteiger partial charge in [-0.1, -0.05) is 55.8 Å². The van der Waals surface area contributed by atoms with Crippen molar-refractivity contribution in [3.05, 3.63) is 65.7 Å². The predicted octanol–water partition coefficient (Wildman–Crippen LogP) is 6.22. The first-order valence-corrected chi connectivity index (χ1v) is 12.2. The van der Waals surface area contributed by atoms with Crippen LogP contribution in [0.5, 0.6) is 5.75 Å². The molecule has 2 amide bonds. The third-order valence-electron chi connectivity index (χ3n) is 8.38. The van der Waals surface area contributed by atoms with E-state index in [4.69, 9.17) is 4.74 Å². The minimum absolute atomic E-state index is 0.00651. The molecule has 0 N–H and O–H groups in total. The Kier molecular flexibility index (Phi) is 5.65. The number of hydrogen-bond donors (Lipinski definition) is 0. The molecule has 4 nitrogen and oxygen atoms in total. The quantitative estimate of drug-likeness (QED) is 0.543. The van der Waals surface area contributed by atoms with E-state index in [0.717, 1.165) is 31.7 Å². The van der Waals surface area contributed by atoms with Gasteiger partial charge in [-0.15, -0.1) is 0 Å². The van der Waals surface area contributed by atoms with Crippen LogP contribution in [0.1, 0.15) is 68.9 Å². The van der Waals surface area contributed by atoms with Crippen LogP contribution in [0.2, 0.25) is 0 Å². The van der Waals surface area contributed by atoms with E-state index in [1.807, 2.05) is 12.1 Å². The number of carbonyl (C=O) groups is 1. The molecule has 1 spiro atoms. The van der Waals surface area contributed by atoms with E-state index >= 15 is 0 Å². The van der Waals surface area contributed by atoms with Crippen molar-refractivity contribution in [1.82, 2.24) is 9.80 Å². The number of rotatable bonds is 6. The van der Waals surface area contributed by atoms with Crippen molar-refractivity contribution in [3.8, 4) is 5.75 Å². The van der Waals surface area contributed by atoms with E-state index in [1.54, 1.807) is 7.11 Å². The molecule has 32 heavy (non-hydrogen) atoms. The number of nitrogens with zero attached hydrogens (tertiary/aromatic N) is 2. The topological polar surface area (TPSA) is 32.8 Å². The minimum atomic E-state index is -0.00651. The van der Waals surface area contributed by atoms with Crippen molar-refractivity contribution in [2.45, 2.75) is 69.9 Å². The molecule has 3 aliphatic rings. The molecule has 2 aromatic carbocycles. The molecule has 2 aliphatic carbocycles. The summed E-state index contributed by atoms with van der Waals surface area (Å²) >= 11 is 0. The van der Waals surface area contributed by atoms with Crippen LogP contribution in [0.4, 0.5) is 4.79 Å². The maximum Gasteiger partial charge on any atom is 0.320 e. The van der Waals surface area contributed by atoms with Gasteiger partial charge in [-0.3, -0.25) is 0 Å². The average Bonchev–Trinajstić information content (AvgIpc) is 3.05. The largest absolute Gasteiger partial charge is 0.497 e. The summed E-state index contributed by atoms with van der Waals surface area (Å²) in [5.74, 6) is 1.48. The monoisotopic (exact) mass is 432 g/mol. The number of ether oxygens (including phenoxy) is 1. The lowest BCUT2D eigenvalue weighted by molar-refractivity contribution is 0.0406. The highest BCUT2D eigenvalue weighted by Crippen LogP contribution is 2.49. The van der Waals surface area contributed by atoms with E-state index in [9.17, 15) is 4.79 Å². The molecule has 3 fully saturated rings. The SMILES string of the molecule is COc1ccc(CN2CC3(CCC(c4ccccc4)CC3)N(CC3(C)CCC3)C2=O)cc1. The summed E-state index contributed by atoms with van der Waals surface area (Å²) in [5.41, 5.74) is 2.92. The molecule has 1 saturated heterocycles. The third kappa shape index (κ3) is 4.00. The van der Waals surface area contributed by atoms with Crippen LogP contribution in [-0.2, 0) is 6.54 Å². The lowest BCUT2D eigenvalue weighted by atomic mass is 9.68. The van der Waals surface area contributed by atoms with Gasteiger partial charge in [-0.05, 0) is 73.1 Å². The summed E-state index contributed by atoms with van der Waals surface area (Å²) in [7, 11) is 1.69. The standard InChI is InChI=1S/C28H36N2O2/c1-27(15-6-16-27)20-30-26(31)29(19-22-9-11-25(32-2)12-10-22)21-28(30)17-13-24(14-18-28)23-7-4-3-5-8-23/h3-5,7-12,24H,6,13-21H2,1-2H3. The van der Waals surface area contributed by atoms with Crippen molar-refractivity contribution in [2.75, 3.05) is 20.2 Å². The molecule has 0 atom stereocenters. The Morgan fingerprint density at radius 3 is 2.25 bits per heavy atom. The molecule has 0 unspecified atom stereocenters. The zero-order valence-electron chi connectivity index (χ0n) is 19.6. The molecule has 1 aliphatic heterocycles. The Labute approximate surface area is 192 Å². The fourth-order valence-electron chi connectivity index (χ4n) is 6.15. The highest BCUT2D eigenvalue weighted by Gasteiger charge is 2.53. The van der Waals surface area contributed by atoms with Gasteiger partial charge in [-0.2, -0.15) is 0 Å². The van der Waals surface area contributed by atoms with Crippen molar-refractivity contribution in [1.29, 1.82) is 0 Å². The molecule has 0 bridgehead atoms. The lowest BCUT2D eigenvalue weighted by Crippen LogP contribution is -2.53. The van der Waals surface area contributed by atoms with Crippen molar-refractivity contribution >= 4 is 6.03 Å². The molecule has 5 rings (SSSR count). The van der Waals surface area contributed by atoms with Crippen LogP contribution in [-0.4, -0.2) is 41.6 Å². The van der Waals surface area contributed by atoms with Crippen LogP contribution in [0.3, 0.4) is 0 Å². The normalized spacial score (nSPS) is 26.9. The van der Waals surface area contributed by atoms with Crippen LogP contribution in [0.25, 0.3) is 0 Å². The van der Waals surface area contributed by atoms with Gasteiger partial charge >= 0.3 is 6.03 Å². The second-order valence-electron chi connectivity index (χ2n) is 10.6. The number of methoxy groups -OCH3 is 1. The first kappa shape index (κ1) is 21.4. The predicted molar refractivity (Wildman–Crippen MR) is 128 cm³/mol. The number of hydrogen-bond acceptors (Lipinski definition) is 2. The third-order valence-corrected chi connectivity index (χ3v) is 8.38. The van der Waals surface area contributed by atoms with Crippen molar-refractivity contribution < 1.29 is 9.53 Å². The summed E-state index contributed by atoms with van der Waals surface area (Å²) in [4.78, 5) is 18.1. The summed E-state index contributed by atoms with van der Waals surface area (Å²) in [6, 6.07) is 19.3. The van der Waals surface area contributed by atoms with Gasteiger partial charge in [0.1, 0.15) is 5.75 Å². The Morgan fingerprint density at radius 2 is 1.66 bits per heavy atom. The average molecular weight is 433 g/mol. The second-order valence-corrected chi connectivity index (χ2v) is 10.6. The van der Waals surface area contributed by atoms with Gasteiger partial charge in [0.15, 0.2) is 0 Å². The zero-order chi connectivity index (χ0) is 22.2. The van der Waals surface area contributed by atoms with Crippen molar-refractivity contribution in [2.24, 2.45) is 5.41 Å². The number of benzene rings is 2. The molecule has 0 aromatic heterocycles. The Balaban J connectivity index is 1.35. The van der Waals surface area contributed by atoms with Gasteiger partial charge in [0.2, 0.25) is 0 Å². The van der Waals surface area contributed by atoms with E-state index in [-0.39, 0.29) is 11.6 Å². The Bertz CT molecular complexity index is 928. The zero-order valence-corrected chi connectivity index (χ0v) is 19.6. The first-order valence-electron chi connectivity index (χ1n) is 12.2. The Hall–Kier alpha value is -2.49. The van der Waals surface area contributed by atoms with Crippen molar-refractivity contribution in [3.63, 3.8) is 0 Å². The molecule has 2 aromatic rings. The molecule has 1 heterocycles. The molecule has 4 heteroatoms. The molecular weight excluding hydrogens is 396 g/mol. The fourth-order valence-corrected chi connectivity index (χ4v) is 6.15. The molecule has 170 valence electrons. The number of urea groups is 1. The van der Waals surface area contributed by atoms with Crippen LogP contribution in [0, 0.1) is 5.41 Å². The van der Waals surface area contributed by atoms with Gasteiger partial charge in [0, 0.05) is 19.6 Å². The van der Waals surface area contributed by atoms with Crippen LogP contribution in [0.15, 0.2) is 54.6 Å². The highest BCUT2D eigenvalue weighted by molar-refractivity contribution is 5.78. The molecule has 0 radical (unpaired) electrons. The van der Waals surface area contributed by atoms with E-state index in [2.05, 4.69) is 59.2 Å².